The van der Waals surface area contributed by atoms with Gasteiger partial charge in [-0.1, -0.05) is 35.9 Å². The number of fused-ring (bicyclic) bond motifs is 2. The van der Waals surface area contributed by atoms with Crippen molar-refractivity contribution < 1.29 is 19.1 Å². The molecule has 184 valence electrons. The number of hydrogen-bond acceptors (Lipinski definition) is 4. The molecular weight excluding hydrogens is 488 g/mol. The summed E-state index contributed by atoms with van der Waals surface area (Å²) in [5.74, 6) is -1.75. The number of aryl methyl sites for hydroxylation is 3. The SMILES string of the molecule is Cc1cc(C)cc(N2C(=O)C(O)=C(C(=O)c3cc4cc(Cl)ccc4o3)C2c2c(C)[nH]c3ccccc23)c1. The van der Waals surface area contributed by atoms with Gasteiger partial charge in [0.1, 0.15) is 5.58 Å². The summed E-state index contributed by atoms with van der Waals surface area (Å²) >= 11 is 6.12. The van der Waals surface area contributed by atoms with E-state index in [2.05, 4.69) is 4.98 Å². The van der Waals surface area contributed by atoms with Crippen LogP contribution in [0.1, 0.15) is 39.0 Å². The van der Waals surface area contributed by atoms with Crippen molar-refractivity contribution in [1.29, 1.82) is 0 Å². The molecule has 0 spiro atoms. The van der Waals surface area contributed by atoms with Crippen LogP contribution in [0.3, 0.4) is 0 Å². The molecule has 0 aliphatic carbocycles. The number of carbonyl (C=O) groups is 2. The van der Waals surface area contributed by atoms with E-state index in [0.29, 0.717) is 21.7 Å². The lowest BCUT2D eigenvalue weighted by Crippen LogP contribution is -2.31. The summed E-state index contributed by atoms with van der Waals surface area (Å²) in [5, 5.41) is 13.2. The van der Waals surface area contributed by atoms with E-state index < -0.39 is 23.5 Å². The number of benzene rings is 3. The van der Waals surface area contributed by atoms with Gasteiger partial charge in [0.15, 0.2) is 11.5 Å². The molecule has 0 saturated carbocycles. The van der Waals surface area contributed by atoms with Gasteiger partial charge in [0.25, 0.3) is 5.91 Å². The molecule has 6 nitrogen and oxygen atoms in total. The number of halogens is 1. The highest BCUT2D eigenvalue weighted by Gasteiger charge is 2.47. The number of amides is 1. The van der Waals surface area contributed by atoms with E-state index in [1.54, 1.807) is 24.3 Å². The van der Waals surface area contributed by atoms with Crippen LogP contribution < -0.4 is 4.90 Å². The summed E-state index contributed by atoms with van der Waals surface area (Å²) in [4.78, 5) is 32.5. The number of aliphatic hydroxyl groups excluding tert-OH is 1. The Morgan fingerprint density at radius 2 is 1.73 bits per heavy atom. The molecule has 0 radical (unpaired) electrons. The number of nitrogens with zero attached hydrogens (tertiary/aromatic N) is 1. The zero-order valence-electron chi connectivity index (χ0n) is 20.4. The molecule has 1 unspecified atom stereocenters. The number of rotatable bonds is 4. The number of aromatic amines is 1. The Morgan fingerprint density at radius 1 is 1.00 bits per heavy atom. The predicted molar refractivity (Wildman–Crippen MR) is 144 cm³/mol. The second-order valence-electron chi connectivity index (χ2n) is 9.52. The summed E-state index contributed by atoms with van der Waals surface area (Å²) in [7, 11) is 0. The van der Waals surface area contributed by atoms with Crippen molar-refractivity contribution in [3.8, 4) is 0 Å². The van der Waals surface area contributed by atoms with Gasteiger partial charge in [-0.15, -0.1) is 0 Å². The van der Waals surface area contributed by atoms with Crippen molar-refractivity contribution in [2.75, 3.05) is 4.90 Å². The standard InChI is InChI=1S/C30H23ClN2O4/c1-15-10-16(2)12-20(11-15)33-27(25-17(3)32-22-7-5-4-6-21(22)25)26(29(35)30(33)36)28(34)24-14-18-13-19(31)8-9-23(18)37-24/h4-14,27,32,35H,1-3H3. The van der Waals surface area contributed by atoms with Crippen LogP contribution in [0.25, 0.3) is 21.9 Å². The fourth-order valence-corrected chi connectivity index (χ4v) is 5.56. The number of carbonyl (C=O) groups excluding carboxylic acids is 2. The average Bonchev–Trinajstić information content (AvgIpc) is 3.49. The summed E-state index contributed by atoms with van der Waals surface area (Å²) in [6, 6.07) is 19.3. The molecule has 1 atom stereocenters. The van der Waals surface area contributed by atoms with Crippen molar-refractivity contribution in [2.24, 2.45) is 0 Å². The maximum absolute atomic E-state index is 14.0. The number of furan rings is 1. The second kappa shape index (κ2) is 8.39. The minimum atomic E-state index is -0.867. The molecule has 1 aliphatic heterocycles. The van der Waals surface area contributed by atoms with Crippen LogP contribution in [0, 0.1) is 20.8 Å². The maximum Gasteiger partial charge on any atom is 0.294 e. The highest BCUT2D eigenvalue weighted by Crippen LogP contribution is 2.46. The average molecular weight is 511 g/mol. The normalized spacial score (nSPS) is 15.9. The third-order valence-electron chi connectivity index (χ3n) is 6.86. The van der Waals surface area contributed by atoms with Crippen molar-refractivity contribution >= 4 is 50.9 Å². The van der Waals surface area contributed by atoms with Crippen LogP contribution in [-0.2, 0) is 4.79 Å². The summed E-state index contributed by atoms with van der Waals surface area (Å²) in [6.45, 7) is 5.80. The lowest BCUT2D eigenvalue weighted by molar-refractivity contribution is -0.117. The first-order valence-corrected chi connectivity index (χ1v) is 12.3. The molecule has 2 N–H and O–H groups in total. The van der Waals surface area contributed by atoms with Gasteiger partial charge in [-0.2, -0.15) is 0 Å². The van der Waals surface area contributed by atoms with Crippen LogP contribution in [0.2, 0.25) is 5.02 Å². The minimum Gasteiger partial charge on any atom is -0.503 e. The molecule has 0 bridgehead atoms. The van der Waals surface area contributed by atoms with Gasteiger partial charge in [-0.05, 0) is 74.4 Å². The van der Waals surface area contributed by atoms with Gasteiger partial charge < -0.3 is 14.5 Å². The summed E-state index contributed by atoms with van der Waals surface area (Å²) < 4.78 is 5.85. The van der Waals surface area contributed by atoms with E-state index in [1.165, 1.54) is 4.90 Å². The monoisotopic (exact) mass is 510 g/mol. The third kappa shape index (κ3) is 3.64. The summed E-state index contributed by atoms with van der Waals surface area (Å²) in [5.41, 5.74) is 5.41. The lowest BCUT2D eigenvalue weighted by Gasteiger charge is -2.27. The van der Waals surface area contributed by atoms with Gasteiger partial charge in [-0.3, -0.25) is 14.5 Å². The van der Waals surface area contributed by atoms with E-state index in [4.69, 9.17) is 16.0 Å². The molecule has 0 fully saturated rings. The van der Waals surface area contributed by atoms with Crippen molar-refractivity contribution in [1.82, 2.24) is 4.98 Å². The largest absolute Gasteiger partial charge is 0.503 e. The van der Waals surface area contributed by atoms with E-state index >= 15 is 0 Å². The molecule has 5 aromatic rings. The van der Waals surface area contributed by atoms with Crippen molar-refractivity contribution in [3.05, 3.63) is 111 Å². The molecule has 0 saturated heterocycles. The molecule has 1 amide bonds. The highest BCUT2D eigenvalue weighted by molar-refractivity contribution is 6.31. The van der Waals surface area contributed by atoms with E-state index in [9.17, 15) is 14.7 Å². The predicted octanol–water partition coefficient (Wildman–Crippen LogP) is 7.28. The van der Waals surface area contributed by atoms with Gasteiger partial charge >= 0.3 is 0 Å². The van der Waals surface area contributed by atoms with E-state index in [0.717, 1.165) is 33.3 Å². The van der Waals surface area contributed by atoms with Crippen LogP contribution in [0.4, 0.5) is 5.69 Å². The van der Waals surface area contributed by atoms with Gasteiger partial charge in [-0.25, -0.2) is 0 Å². The number of anilines is 1. The van der Waals surface area contributed by atoms with E-state index in [-0.39, 0.29) is 11.3 Å². The summed E-state index contributed by atoms with van der Waals surface area (Å²) in [6.07, 6.45) is 0. The van der Waals surface area contributed by atoms with Gasteiger partial charge in [0.05, 0.1) is 11.6 Å². The van der Waals surface area contributed by atoms with Gasteiger partial charge in [0, 0.05) is 38.3 Å². The third-order valence-corrected chi connectivity index (χ3v) is 7.09. The highest BCUT2D eigenvalue weighted by atomic mass is 35.5. The number of Topliss-reactive ketones (excluding diaryl/α,β-unsaturated/α-hetero) is 1. The fourth-order valence-electron chi connectivity index (χ4n) is 5.38. The van der Waals surface area contributed by atoms with Crippen LogP contribution >= 0.6 is 11.6 Å². The number of hydrogen-bond donors (Lipinski definition) is 2. The Hall–Kier alpha value is -4.29. The van der Waals surface area contributed by atoms with Crippen LogP contribution in [-0.4, -0.2) is 21.8 Å². The topological polar surface area (TPSA) is 86.5 Å². The number of para-hydroxylation sites is 1. The molecule has 3 aromatic carbocycles. The first-order valence-electron chi connectivity index (χ1n) is 11.9. The van der Waals surface area contributed by atoms with Gasteiger partial charge in [0.2, 0.25) is 5.78 Å². The number of nitrogens with one attached hydrogen (secondary N) is 1. The van der Waals surface area contributed by atoms with Crippen molar-refractivity contribution in [2.45, 2.75) is 26.8 Å². The molecule has 6 rings (SSSR count). The lowest BCUT2D eigenvalue weighted by atomic mass is 9.92. The van der Waals surface area contributed by atoms with Crippen molar-refractivity contribution in [3.63, 3.8) is 0 Å². The molecule has 7 heteroatoms. The van der Waals surface area contributed by atoms with Crippen LogP contribution in [0.5, 0.6) is 0 Å². The zero-order chi connectivity index (χ0) is 26.0. The molecule has 37 heavy (non-hydrogen) atoms. The number of aromatic nitrogens is 1. The molecule has 3 heterocycles. The second-order valence-corrected chi connectivity index (χ2v) is 9.95. The maximum atomic E-state index is 14.0. The Balaban J connectivity index is 1.59. The molecular formula is C30H23ClN2O4. The number of H-pyrrole nitrogens is 1. The Bertz CT molecular complexity index is 1770. The number of aliphatic hydroxyl groups is 1. The zero-order valence-corrected chi connectivity index (χ0v) is 21.2. The first-order chi connectivity index (χ1) is 17.7. The smallest absolute Gasteiger partial charge is 0.294 e. The molecule has 2 aromatic heterocycles. The van der Waals surface area contributed by atoms with E-state index in [1.807, 2.05) is 63.2 Å². The quantitative estimate of drug-likeness (QED) is 0.249. The number of ketones is 1. The Labute approximate surface area is 217 Å². The van der Waals surface area contributed by atoms with Crippen LogP contribution in [0.15, 0.2) is 82.5 Å². The Kier molecular flexibility index (Phi) is 5.24. The first kappa shape index (κ1) is 23.1. The molecule has 1 aliphatic rings. The minimum absolute atomic E-state index is 0.0244. The Morgan fingerprint density at radius 3 is 2.49 bits per heavy atom. The fraction of sp³-hybridized carbons (Fsp3) is 0.133.